The van der Waals surface area contributed by atoms with Crippen LogP contribution >= 0.6 is 12.4 Å². The van der Waals surface area contributed by atoms with E-state index in [0.717, 1.165) is 0 Å². The van der Waals surface area contributed by atoms with E-state index < -0.39 is 21.4 Å². The standard InChI is InChI=1S/3C2H5.ClH.Hf/c3*1-2;;/h3*1H2,2H3;1H;. The molecule has 0 fully saturated rings. The molecule has 0 atom stereocenters. The van der Waals surface area contributed by atoms with Crippen LogP contribution in [0, 0.1) is 0 Å². The summed E-state index contributed by atoms with van der Waals surface area (Å²) in [5.41, 5.74) is 0. The summed E-state index contributed by atoms with van der Waals surface area (Å²) < 4.78 is 4.70. The predicted octanol–water partition coefficient (Wildman–Crippen LogP) is 3.34. The first-order valence-electron chi connectivity index (χ1n) is 3.18. The second kappa shape index (κ2) is 8.16. The van der Waals surface area contributed by atoms with Crippen molar-refractivity contribution in [3.05, 3.63) is 0 Å². The van der Waals surface area contributed by atoms with E-state index in [9.17, 15) is 0 Å². The van der Waals surface area contributed by atoms with Gasteiger partial charge in [-0.1, -0.05) is 0 Å². The van der Waals surface area contributed by atoms with Crippen LogP contribution in [0.5, 0.6) is 0 Å². The van der Waals surface area contributed by atoms with Gasteiger partial charge < -0.3 is 0 Å². The number of rotatable bonds is 3. The van der Waals surface area contributed by atoms with Crippen LogP contribution in [0.4, 0.5) is 0 Å². The minimum Gasteiger partial charge on any atom is -0.147 e. The van der Waals surface area contributed by atoms with E-state index in [0.29, 0.717) is 0 Å². The van der Waals surface area contributed by atoms with E-state index in [1.54, 1.807) is 12.5 Å². The molecular formula is C6H16ClHf. The monoisotopic (exact) mass is 303 g/mol. The zero-order valence-corrected chi connectivity index (χ0v) is 10.4. The molecule has 0 aliphatic carbocycles. The van der Waals surface area contributed by atoms with Gasteiger partial charge in [0.15, 0.2) is 0 Å². The Morgan fingerprint density at radius 3 is 1.12 bits per heavy atom. The Kier molecular flexibility index (Phi) is 12.1. The van der Waals surface area contributed by atoms with Gasteiger partial charge in [-0.3, -0.25) is 0 Å². The van der Waals surface area contributed by atoms with Crippen molar-refractivity contribution in [3.8, 4) is 0 Å². The Morgan fingerprint density at radius 1 is 0.875 bits per heavy atom. The summed E-state index contributed by atoms with van der Waals surface area (Å²) in [4.78, 5) is 0. The maximum atomic E-state index is 2.36. The average Bonchev–Trinajstić information content (AvgIpc) is 1.72. The van der Waals surface area contributed by atoms with Gasteiger partial charge in [0.2, 0.25) is 0 Å². The van der Waals surface area contributed by atoms with Gasteiger partial charge in [0.25, 0.3) is 0 Å². The number of hydrogen-bond acceptors (Lipinski definition) is 0. The normalized spacial score (nSPS) is 7.88. The molecule has 0 radical (unpaired) electrons. The average molecular weight is 302 g/mol. The van der Waals surface area contributed by atoms with Crippen LogP contribution in [0.1, 0.15) is 20.8 Å². The molecule has 0 aromatic carbocycles. The number of hydrogen-bond donors (Lipinski definition) is 0. The molecular weight excluding hydrogens is 286 g/mol. The fourth-order valence-electron chi connectivity index (χ4n) is 0.750. The van der Waals surface area contributed by atoms with Crippen molar-refractivity contribution in [1.29, 1.82) is 0 Å². The van der Waals surface area contributed by atoms with E-state index >= 15 is 0 Å². The summed E-state index contributed by atoms with van der Waals surface area (Å²) in [7, 11) is 0. The quantitative estimate of drug-likeness (QED) is 0.701. The Labute approximate surface area is 67.0 Å². The van der Waals surface area contributed by atoms with Gasteiger partial charge in [0.05, 0.1) is 0 Å². The molecule has 0 nitrogen and oxygen atoms in total. The van der Waals surface area contributed by atoms with Gasteiger partial charge >= 0.3 is 54.7 Å². The molecule has 0 amide bonds. The maximum Gasteiger partial charge on any atom is -0.147 e. The molecule has 0 aliphatic rings. The van der Waals surface area contributed by atoms with Crippen molar-refractivity contribution in [1.82, 2.24) is 0 Å². The van der Waals surface area contributed by atoms with E-state index in [1.165, 1.54) is 0 Å². The first-order chi connectivity index (χ1) is 3.35. The summed E-state index contributed by atoms with van der Waals surface area (Å²) in [6.07, 6.45) is 0. The summed E-state index contributed by atoms with van der Waals surface area (Å²) >= 11 is -0.789. The van der Waals surface area contributed by atoms with Crippen LogP contribution in [-0.2, 0) is 21.4 Å². The van der Waals surface area contributed by atoms with Crippen molar-refractivity contribution in [2.45, 2.75) is 33.3 Å². The Morgan fingerprint density at radius 2 is 1.12 bits per heavy atom. The van der Waals surface area contributed by atoms with Gasteiger partial charge in [-0.15, -0.1) is 12.4 Å². The van der Waals surface area contributed by atoms with Crippen LogP contribution < -0.4 is 0 Å². The molecule has 0 aromatic rings. The van der Waals surface area contributed by atoms with Crippen LogP contribution in [0.3, 0.4) is 0 Å². The second-order valence-electron chi connectivity index (χ2n) is 1.81. The molecule has 0 aromatic heterocycles. The summed E-state index contributed by atoms with van der Waals surface area (Å²) in [5.74, 6) is 0. The SMILES string of the molecule is C[CH2][Hf]([CH2]C)[CH2]C.Cl. The molecule has 0 unspecified atom stereocenters. The third-order valence-corrected chi connectivity index (χ3v) is 12.3. The summed E-state index contributed by atoms with van der Waals surface area (Å²) in [6.45, 7) is 7.07. The van der Waals surface area contributed by atoms with Crippen LogP contribution in [0.25, 0.3) is 0 Å². The van der Waals surface area contributed by atoms with E-state index in [1.807, 2.05) is 0 Å². The van der Waals surface area contributed by atoms with Crippen molar-refractivity contribution in [2.75, 3.05) is 0 Å². The number of halogens is 1. The molecule has 0 aliphatic heterocycles. The van der Waals surface area contributed by atoms with Crippen molar-refractivity contribution in [3.63, 3.8) is 0 Å². The van der Waals surface area contributed by atoms with Crippen LogP contribution in [-0.4, -0.2) is 0 Å². The maximum absolute atomic E-state index is 2.36. The van der Waals surface area contributed by atoms with Crippen molar-refractivity contribution in [2.24, 2.45) is 0 Å². The molecule has 8 heavy (non-hydrogen) atoms. The van der Waals surface area contributed by atoms with Crippen molar-refractivity contribution >= 4 is 12.4 Å². The molecule has 0 heterocycles. The molecule has 2 heteroatoms. The topological polar surface area (TPSA) is 0 Å². The van der Waals surface area contributed by atoms with Crippen LogP contribution in [0.2, 0.25) is 12.5 Å². The molecule has 0 N–H and O–H groups in total. The molecule has 0 spiro atoms. The van der Waals surface area contributed by atoms with Gasteiger partial charge in [0.1, 0.15) is 0 Å². The predicted molar refractivity (Wildman–Crippen MR) is 38.7 cm³/mol. The molecule has 0 rings (SSSR count). The zero-order valence-electron chi connectivity index (χ0n) is 6.03. The van der Waals surface area contributed by atoms with Gasteiger partial charge in [-0.2, -0.15) is 0 Å². The Hall–Kier alpha value is 1.16. The fourth-order valence-corrected chi connectivity index (χ4v) is 6.14. The molecule has 0 bridgehead atoms. The van der Waals surface area contributed by atoms with E-state index in [2.05, 4.69) is 20.8 Å². The first kappa shape index (κ1) is 11.9. The van der Waals surface area contributed by atoms with E-state index in [-0.39, 0.29) is 12.4 Å². The Balaban J connectivity index is 0. The smallest absolute Gasteiger partial charge is 0.147 e. The van der Waals surface area contributed by atoms with E-state index in [4.69, 9.17) is 0 Å². The molecule has 0 saturated heterocycles. The minimum absolute atomic E-state index is 0. The minimum atomic E-state index is -0.789. The van der Waals surface area contributed by atoms with Gasteiger partial charge in [0, 0.05) is 0 Å². The molecule has 0 saturated carbocycles. The fraction of sp³-hybridized carbons (Fsp3) is 1.00. The zero-order chi connectivity index (χ0) is 5.70. The van der Waals surface area contributed by atoms with Crippen molar-refractivity contribution < 1.29 is 21.4 Å². The second-order valence-corrected chi connectivity index (χ2v) is 14.8. The summed E-state index contributed by atoms with van der Waals surface area (Å²) in [6, 6.07) is 0. The largest absolute Gasteiger partial charge is 0.147 e. The van der Waals surface area contributed by atoms with Gasteiger partial charge in [-0.05, 0) is 0 Å². The third kappa shape index (κ3) is 5.30. The van der Waals surface area contributed by atoms with Crippen LogP contribution in [0.15, 0.2) is 0 Å². The van der Waals surface area contributed by atoms with Gasteiger partial charge in [-0.25, -0.2) is 0 Å². The first-order valence-corrected chi connectivity index (χ1v) is 10.8. The summed E-state index contributed by atoms with van der Waals surface area (Å²) in [5, 5.41) is 0. The third-order valence-electron chi connectivity index (χ3n) is 1.50. The Bertz CT molecular complexity index is 30.0. The molecule has 51 valence electrons.